The Morgan fingerprint density at radius 2 is 1.94 bits per heavy atom. The lowest BCUT2D eigenvalue weighted by Crippen LogP contribution is -2.33. The highest BCUT2D eigenvalue weighted by atomic mass is 16.5. The number of amides is 1. The van der Waals surface area contributed by atoms with Gasteiger partial charge in [0.25, 0.3) is 5.56 Å². The molecular formula is C24H23N5O3. The molecule has 32 heavy (non-hydrogen) atoms. The van der Waals surface area contributed by atoms with Crippen LogP contribution in [0.15, 0.2) is 77.9 Å². The van der Waals surface area contributed by atoms with Gasteiger partial charge in [0.2, 0.25) is 5.91 Å². The smallest absolute Gasteiger partial charge is 0.258 e. The topological polar surface area (TPSA) is 93.1 Å². The second-order valence-corrected chi connectivity index (χ2v) is 7.17. The summed E-state index contributed by atoms with van der Waals surface area (Å²) in [5.41, 5.74) is 2.10. The third-order valence-corrected chi connectivity index (χ3v) is 4.92. The van der Waals surface area contributed by atoms with E-state index in [0.717, 1.165) is 11.3 Å². The second-order valence-electron chi connectivity index (χ2n) is 7.17. The van der Waals surface area contributed by atoms with E-state index in [-0.39, 0.29) is 18.0 Å². The normalized spacial score (nSPS) is 11.3. The molecule has 0 saturated heterocycles. The summed E-state index contributed by atoms with van der Waals surface area (Å²) in [6.45, 7) is 0.888. The van der Waals surface area contributed by atoms with Crippen LogP contribution in [-0.4, -0.2) is 50.8 Å². The number of H-pyrrole nitrogens is 1. The van der Waals surface area contributed by atoms with E-state index in [9.17, 15) is 9.59 Å². The molecule has 162 valence electrons. The molecule has 0 atom stereocenters. The molecular weight excluding hydrogens is 406 g/mol. The molecule has 2 heterocycles. The van der Waals surface area contributed by atoms with Crippen molar-refractivity contribution in [2.45, 2.75) is 6.54 Å². The number of aromatic amines is 1. The predicted molar refractivity (Wildman–Crippen MR) is 122 cm³/mol. The number of carbonyl (C=O) groups excluding carboxylic acids is 1. The number of hydrogen-bond donors (Lipinski definition) is 1. The molecule has 0 aliphatic carbocycles. The van der Waals surface area contributed by atoms with Gasteiger partial charge in [0.1, 0.15) is 5.82 Å². The van der Waals surface area contributed by atoms with Gasteiger partial charge in [0.05, 0.1) is 35.9 Å². The monoisotopic (exact) mass is 429 g/mol. The fraction of sp³-hybridized carbons (Fsp3) is 0.167. The highest BCUT2D eigenvalue weighted by Gasteiger charge is 2.14. The average molecular weight is 429 g/mol. The van der Waals surface area contributed by atoms with E-state index >= 15 is 0 Å². The summed E-state index contributed by atoms with van der Waals surface area (Å²) in [5, 5.41) is 4.85. The van der Waals surface area contributed by atoms with Crippen molar-refractivity contribution in [3.63, 3.8) is 0 Å². The van der Waals surface area contributed by atoms with Gasteiger partial charge in [-0.15, -0.1) is 0 Å². The van der Waals surface area contributed by atoms with E-state index in [4.69, 9.17) is 4.74 Å². The molecule has 0 fully saturated rings. The summed E-state index contributed by atoms with van der Waals surface area (Å²) in [5.74, 6) is 0.203. The summed E-state index contributed by atoms with van der Waals surface area (Å²) in [6.07, 6.45) is 6.74. The van der Waals surface area contributed by atoms with Gasteiger partial charge in [0, 0.05) is 31.5 Å². The van der Waals surface area contributed by atoms with Crippen molar-refractivity contribution in [1.29, 1.82) is 0 Å². The van der Waals surface area contributed by atoms with E-state index in [0.29, 0.717) is 29.9 Å². The fourth-order valence-corrected chi connectivity index (χ4v) is 3.28. The lowest BCUT2D eigenvalue weighted by molar-refractivity contribution is -0.127. The van der Waals surface area contributed by atoms with Crippen LogP contribution in [0.1, 0.15) is 11.4 Å². The maximum absolute atomic E-state index is 12.9. The largest absolute Gasteiger partial charge is 0.383 e. The standard InChI is InChI=1S/C24H23N5O3/c1-32-14-13-28(17-22-26-21-10-6-5-9-20(21)24(31)27-22)23(30)12-11-18-15-25-29(16-18)19-7-3-2-4-8-19/h2-12,15-16H,13-14,17H2,1H3,(H,26,27,31). The first-order chi connectivity index (χ1) is 15.6. The molecule has 0 bridgehead atoms. The van der Waals surface area contributed by atoms with Crippen LogP contribution in [0.25, 0.3) is 22.7 Å². The van der Waals surface area contributed by atoms with E-state index in [1.807, 2.05) is 42.6 Å². The zero-order chi connectivity index (χ0) is 22.3. The van der Waals surface area contributed by atoms with Crippen molar-refractivity contribution in [3.8, 4) is 5.69 Å². The van der Waals surface area contributed by atoms with Crippen molar-refractivity contribution >= 4 is 22.9 Å². The van der Waals surface area contributed by atoms with Gasteiger partial charge in [0.15, 0.2) is 0 Å². The van der Waals surface area contributed by atoms with Gasteiger partial charge >= 0.3 is 0 Å². The summed E-state index contributed by atoms with van der Waals surface area (Å²) in [4.78, 5) is 34.1. The molecule has 2 aromatic carbocycles. The number of aromatic nitrogens is 4. The SMILES string of the molecule is COCCN(Cc1nc2ccccc2c(=O)[nH]1)C(=O)C=Cc1cnn(-c2ccccc2)c1. The number of para-hydroxylation sites is 2. The van der Waals surface area contributed by atoms with Crippen LogP contribution in [0.3, 0.4) is 0 Å². The van der Waals surface area contributed by atoms with Crippen LogP contribution in [-0.2, 0) is 16.1 Å². The number of nitrogens with one attached hydrogen (secondary N) is 1. The molecule has 0 radical (unpaired) electrons. The Morgan fingerprint density at radius 1 is 1.16 bits per heavy atom. The molecule has 8 heteroatoms. The Balaban J connectivity index is 1.51. The number of methoxy groups -OCH3 is 1. The van der Waals surface area contributed by atoms with Crippen LogP contribution >= 0.6 is 0 Å². The predicted octanol–water partition coefficient (Wildman–Crippen LogP) is 2.80. The first-order valence-electron chi connectivity index (χ1n) is 10.2. The van der Waals surface area contributed by atoms with Crippen molar-refractivity contribution < 1.29 is 9.53 Å². The first kappa shape index (κ1) is 21.2. The maximum atomic E-state index is 12.9. The van der Waals surface area contributed by atoms with Crippen molar-refractivity contribution in [2.24, 2.45) is 0 Å². The van der Waals surface area contributed by atoms with E-state index in [2.05, 4.69) is 15.1 Å². The summed E-state index contributed by atoms with van der Waals surface area (Å²) in [6, 6.07) is 16.8. The third kappa shape index (κ3) is 4.98. The molecule has 0 aliphatic heterocycles. The van der Waals surface area contributed by atoms with Crippen LogP contribution < -0.4 is 5.56 Å². The fourth-order valence-electron chi connectivity index (χ4n) is 3.28. The lowest BCUT2D eigenvalue weighted by atomic mass is 10.2. The van der Waals surface area contributed by atoms with Crippen LogP contribution in [0.2, 0.25) is 0 Å². The highest BCUT2D eigenvalue weighted by Crippen LogP contribution is 2.10. The van der Waals surface area contributed by atoms with Gasteiger partial charge in [-0.3, -0.25) is 9.59 Å². The first-order valence-corrected chi connectivity index (χ1v) is 10.2. The molecule has 0 saturated carbocycles. The number of ether oxygens (including phenoxy) is 1. The highest BCUT2D eigenvalue weighted by molar-refractivity contribution is 5.91. The summed E-state index contributed by atoms with van der Waals surface area (Å²) < 4.78 is 6.89. The Labute approximate surface area is 184 Å². The minimum atomic E-state index is -0.228. The van der Waals surface area contributed by atoms with Crippen LogP contribution in [0.4, 0.5) is 0 Å². The molecule has 2 aromatic heterocycles. The minimum absolute atomic E-state index is 0.163. The Hall–Kier alpha value is -4.04. The molecule has 8 nitrogen and oxygen atoms in total. The summed E-state index contributed by atoms with van der Waals surface area (Å²) in [7, 11) is 1.58. The molecule has 4 rings (SSSR count). The van der Waals surface area contributed by atoms with Crippen molar-refractivity contribution in [2.75, 3.05) is 20.3 Å². The third-order valence-electron chi connectivity index (χ3n) is 4.92. The Kier molecular flexibility index (Phi) is 6.52. The van der Waals surface area contributed by atoms with Gasteiger partial charge in [-0.25, -0.2) is 9.67 Å². The van der Waals surface area contributed by atoms with Crippen molar-refractivity contribution in [1.82, 2.24) is 24.6 Å². The zero-order valence-corrected chi connectivity index (χ0v) is 17.6. The summed E-state index contributed by atoms with van der Waals surface area (Å²) >= 11 is 0. The Bertz CT molecular complexity index is 1290. The van der Waals surface area contributed by atoms with Gasteiger partial charge in [-0.2, -0.15) is 5.10 Å². The number of hydrogen-bond acceptors (Lipinski definition) is 5. The second kappa shape index (κ2) is 9.84. The molecule has 1 amide bonds. The Morgan fingerprint density at radius 3 is 2.75 bits per heavy atom. The van der Waals surface area contributed by atoms with Gasteiger partial charge < -0.3 is 14.6 Å². The molecule has 0 spiro atoms. The van der Waals surface area contributed by atoms with Crippen LogP contribution in [0.5, 0.6) is 0 Å². The number of rotatable bonds is 8. The lowest BCUT2D eigenvalue weighted by Gasteiger charge is -2.20. The van der Waals surface area contributed by atoms with E-state index in [1.165, 1.54) is 6.08 Å². The maximum Gasteiger partial charge on any atom is 0.258 e. The number of carbonyl (C=O) groups is 1. The molecule has 0 unspecified atom stereocenters. The molecule has 0 aliphatic rings. The quantitative estimate of drug-likeness (QED) is 0.435. The van der Waals surface area contributed by atoms with Gasteiger partial charge in [-0.05, 0) is 30.3 Å². The zero-order valence-electron chi connectivity index (χ0n) is 17.6. The minimum Gasteiger partial charge on any atom is -0.383 e. The molecule has 1 N–H and O–H groups in total. The van der Waals surface area contributed by atoms with Crippen LogP contribution in [0, 0.1) is 0 Å². The van der Waals surface area contributed by atoms with Crippen molar-refractivity contribution in [3.05, 3.63) is 94.8 Å². The number of benzene rings is 2. The number of nitrogens with zero attached hydrogens (tertiary/aromatic N) is 4. The van der Waals surface area contributed by atoms with E-state index in [1.54, 1.807) is 47.2 Å². The van der Waals surface area contributed by atoms with Gasteiger partial charge in [-0.1, -0.05) is 30.3 Å². The molecule has 4 aromatic rings. The number of fused-ring (bicyclic) bond motifs is 1. The average Bonchev–Trinajstić information content (AvgIpc) is 3.30. The van der Waals surface area contributed by atoms with E-state index < -0.39 is 0 Å².